The van der Waals surface area contributed by atoms with Crippen LogP contribution in [-0.2, 0) is 6.18 Å². The monoisotopic (exact) mass is 417 g/mol. The average molecular weight is 417 g/mol. The molecular weight excluding hydrogens is 397 g/mol. The highest BCUT2D eigenvalue weighted by Crippen LogP contribution is 2.40. The summed E-state index contributed by atoms with van der Waals surface area (Å²) < 4.78 is 39.5. The Morgan fingerprint density at radius 1 is 0.871 bits per heavy atom. The van der Waals surface area contributed by atoms with Crippen molar-refractivity contribution >= 4 is 34.0 Å². The van der Waals surface area contributed by atoms with Crippen molar-refractivity contribution in [2.24, 2.45) is 0 Å². The fourth-order valence-corrected chi connectivity index (χ4v) is 4.41. The van der Waals surface area contributed by atoms with Crippen LogP contribution in [0, 0.1) is 13.8 Å². The highest BCUT2D eigenvalue weighted by Gasteiger charge is 2.31. The molecule has 2 nitrogen and oxygen atoms in total. The minimum Gasteiger partial charge on any atom is -0.361 e. The second-order valence-electron chi connectivity index (χ2n) is 7.85. The van der Waals surface area contributed by atoms with Gasteiger partial charge in [-0.15, -0.1) is 0 Å². The molecule has 0 saturated carbocycles. The van der Waals surface area contributed by atoms with Gasteiger partial charge in [-0.25, -0.2) is 4.99 Å². The summed E-state index contributed by atoms with van der Waals surface area (Å²) in [5.74, 6) is 0. The van der Waals surface area contributed by atoms with Gasteiger partial charge in [-0.2, -0.15) is 13.2 Å². The molecule has 0 bridgehead atoms. The summed E-state index contributed by atoms with van der Waals surface area (Å²) in [5, 5.41) is 1.07. The maximum Gasteiger partial charge on any atom is 0.416 e. The normalized spacial score (nSPS) is 14.9. The number of alkyl halides is 3. The number of benzene rings is 3. The quantitative estimate of drug-likeness (QED) is 0.428. The van der Waals surface area contributed by atoms with Crippen LogP contribution in [0.25, 0.3) is 22.0 Å². The lowest BCUT2D eigenvalue weighted by Crippen LogP contribution is -2.58. The second kappa shape index (κ2) is 6.98. The molecule has 0 fully saturated rings. The molecule has 3 aromatic carbocycles. The SMILES string of the molecule is Cc1cccc2c1C(=C(c1ccc(C(F)(F)F)cc1)c1c[nH]c3cccc(C)c13)C=[NH+]2. The van der Waals surface area contributed by atoms with E-state index in [2.05, 4.69) is 9.98 Å². The second-order valence-corrected chi connectivity index (χ2v) is 7.85. The summed E-state index contributed by atoms with van der Waals surface area (Å²) in [4.78, 5) is 6.66. The van der Waals surface area contributed by atoms with Crippen LogP contribution in [0.4, 0.5) is 18.9 Å². The summed E-state index contributed by atoms with van der Waals surface area (Å²) in [6, 6.07) is 17.5. The predicted octanol–water partition coefficient (Wildman–Crippen LogP) is 5.56. The van der Waals surface area contributed by atoms with Crippen LogP contribution >= 0.6 is 0 Å². The lowest BCUT2D eigenvalue weighted by molar-refractivity contribution is -0.342. The fraction of sp³-hybridized carbons (Fsp3) is 0.115. The van der Waals surface area contributed by atoms with Crippen LogP contribution in [0.15, 0.2) is 66.9 Å². The topological polar surface area (TPSA) is 29.8 Å². The van der Waals surface area contributed by atoms with Gasteiger partial charge in [-0.1, -0.05) is 36.4 Å². The molecule has 0 radical (unpaired) electrons. The van der Waals surface area contributed by atoms with Gasteiger partial charge in [0.25, 0.3) is 0 Å². The third-order valence-corrected chi connectivity index (χ3v) is 5.87. The molecule has 5 heteroatoms. The van der Waals surface area contributed by atoms with Crippen molar-refractivity contribution in [2.45, 2.75) is 20.0 Å². The van der Waals surface area contributed by atoms with Crippen LogP contribution in [0.3, 0.4) is 0 Å². The maximum atomic E-state index is 13.2. The largest absolute Gasteiger partial charge is 0.416 e. The number of nitrogens with one attached hydrogen (secondary N) is 2. The van der Waals surface area contributed by atoms with E-state index < -0.39 is 11.7 Å². The summed E-state index contributed by atoms with van der Waals surface area (Å²) in [7, 11) is 0. The van der Waals surface area contributed by atoms with Gasteiger partial charge in [0.1, 0.15) is 0 Å². The van der Waals surface area contributed by atoms with Crippen LogP contribution in [0.2, 0.25) is 0 Å². The van der Waals surface area contributed by atoms with E-state index in [0.29, 0.717) is 0 Å². The Hall–Kier alpha value is -3.60. The summed E-state index contributed by atoms with van der Waals surface area (Å²) in [6.45, 7) is 4.09. The number of fused-ring (bicyclic) bond motifs is 2. The number of aryl methyl sites for hydroxylation is 2. The van der Waals surface area contributed by atoms with Crippen molar-refractivity contribution in [3.05, 3.63) is 100 Å². The molecule has 0 unspecified atom stereocenters. The predicted molar refractivity (Wildman–Crippen MR) is 118 cm³/mol. The highest BCUT2D eigenvalue weighted by atomic mass is 19.4. The summed E-state index contributed by atoms with van der Waals surface area (Å²) in [6.07, 6.45) is -0.475. The van der Waals surface area contributed by atoms with Gasteiger partial charge in [-0.05, 0) is 48.7 Å². The minimum absolute atomic E-state index is 0.652. The molecule has 0 atom stereocenters. The van der Waals surface area contributed by atoms with Crippen molar-refractivity contribution in [3.63, 3.8) is 0 Å². The molecule has 2 heterocycles. The fourth-order valence-electron chi connectivity index (χ4n) is 4.41. The van der Waals surface area contributed by atoms with Crippen LogP contribution in [0.5, 0.6) is 0 Å². The Labute approximate surface area is 177 Å². The maximum absolute atomic E-state index is 13.2. The molecule has 0 saturated heterocycles. The molecule has 154 valence electrons. The molecule has 5 rings (SSSR count). The first-order valence-corrected chi connectivity index (χ1v) is 10.0. The molecule has 0 spiro atoms. The van der Waals surface area contributed by atoms with Gasteiger partial charge in [-0.3, -0.25) is 0 Å². The summed E-state index contributed by atoms with van der Waals surface area (Å²) in [5.41, 5.74) is 8.20. The van der Waals surface area contributed by atoms with E-state index in [9.17, 15) is 13.2 Å². The lowest BCUT2D eigenvalue weighted by atomic mass is 9.87. The molecule has 1 aromatic heterocycles. The third kappa shape index (κ3) is 3.17. The van der Waals surface area contributed by atoms with Gasteiger partial charge in [0.15, 0.2) is 6.21 Å². The average Bonchev–Trinajstić information content (AvgIpc) is 3.35. The Morgan fingerprint density at radius 3 is 2.32 bits per heavy atom. The van der Waals surface area contributed by atoms with E-state index >= 15 is 0 Å². The van der Waals surface area contributed by atoms with E-state index in [-0.39, 0.29) is 0 Å². The lowest BCUT2D eigenvalue weighted by Gasteiger charge is -2.14. The van der Waals surface area contributed by atoms with Crippen molar-refractivity contribution < 1.29 is 18.2 Å². The molecule has 0 aliphatic carbocycles. The van der Waals surface area contributed by atoms with Crippen molar-refractivity contribution in [1.82, 2.24) is 4.98 Å². The molecule has 0 amide bonds. The van der Waals surface area contributed by atoms with E-state index in [1.54, 1.807) is 12.1 Å². The number of rotatable bonds is 2. The van der Waals surface area contributed by atoms with Crippen molar-refractivity contribution in [3.8, 4) is 0 Å². The molecular formula is C26H20F3N2+. The molecule has 2 N–H and O–H groups in total. The number of H-pyrrole nitrogens is 1. The standard InChI is InChI=1S/C26H19F3N2/c1-15-5-3-7-21-23(15)19(13-30-21)25(17-9-11-18(12-10-17)26(27,28)29)20-14-31-22-8-4-6-16(2)24(20)22/h3-14,30H,1-2H3/p+1. The molecule has 1 aliphatic heterocycles. The van der Waals surface area contributed by atoms with Crippen molar-refractivity contribution in [1.29, 1.82) is 0 Å². The number of aromatic amines is 1. The van der Waals surface area contributed by atoms with Gasteiger partial charge in [0.05, 0.1) is 16.7 Å². The van der Waals surface area contributed by atoms with E-state index in [4.69, 9.17) is 0 Å². The molecule has 31 heavy (non-hydrogen) atoms. The minimum atomic E-state index is -4.37. The van der Waals surface area contributed by atoms with Gasteiger partial charge >= 0.3 is 6.18 Å². The Balaban J connectivity index is 1.83. The summed E-state index contributed by atoms with van der Waals surface area (Å²) >= 11 is 0. The zero-order chi connectivity index (χ0) is 21.8. The zero-order valence-corrected chi connectivity index (χ0v) is 17.1. The zero-order valence-electron chi connectivity index (χ0n) is 17.1. The van der Waals surface area contributed by atoms with Crippen LogP contribution in [-0.4, -0.2) is 11.2 Å². The van der Waals surface area contributed by atoms with E-state index in [1.807, 2.05) is 62.7 Å². The Bertz CT molecular complexity index is 1370. The van der Waals surface area contributed by atoms with Crippen molar-refractivity contribution in [2.75, 3.05) is 0 Å². The third-order valence-electron chi connectivity index (χ3n) is 5.87. The number of aromatic nitrogens is 1. The van der Waals surface area contributed by atoms with Crippen LogP contribution < -0.4 is 4.99 Å². The van der Waals surface area contributed by atoms with Gasteiger partial charge < -0.3 is 4.98 Å². The Kier molecular flexibility index (Phi) is 4.36. The first-order chi connectivity index (χ1) is 14.8. The number of allylic oxidation sites excluding steroid dienone is 1. The first-order valence-electron chi connectivity index (χ1n) is 10.0. The number of halogens is 3. The van der Waals surface area contributed by atoms with E-state index in [0.717, 1.165) is 67.7 Å². The molecule has 4 aromatic rings. The van der Waals surface area contributed by atoms with E-state index in [1.165, 1.54) is 0 Å². The first kappa shape index (κ1) is 19.4. The number of hydrogen-bond donors (Lipinski definition) is 2. The molecule has 1 aliphatic rings. The highest BCUT2D eigenvalue weighted by molar-refractivity contribution is 6.25. The Morgan fingerprint density at radius 2 is 1.58 bits per heavy atom. The number of hydrogen-bond acceptors (Lipinski definition) is 0. The smallest absolute Gasteiger partial charge is 0.361 e. The van der Waals surface area contributed by atoms with Gasteiger partial charge in [0, 0.05) is 34.3 Å². The van der Waals surface area contributed by atoms with Crippen LogP contribution in [0.1, 0.15) is 33.4 Å². The van der Waals surface area contributed by atoms with Gasteiger partial charge in [0.2, 0.25) is 5.69 Å².